The van der Waals surface area contributed by atoms with Gasteiger partial charge in [-0.05, 0) is 31.6 Å². The predicted octanol–water partition coefficient (Wildman–Crippen LogP) is 4.88. The minimum absolute atomic E-state index is 0.374. The Kier molecular flexibility index (Phi) is 13.8. The Morgan fingerprint density at radius 1 is 0.600 bits per heavy atom. The van der Waals surface area contributed by atoms with Crippen LogP contribution < -0.4 is 0 Å². The molecule has 1 unspecified atom stereocenters. The van der Waals surface area contributed by atoms with Crippen LogP contribution in [0, 0.1) is 5.92 Å². The first-order chi connectivity index (χ1) is 12.2. The van der Waals surface area contributed by atoms with E-state index in [1.807, 2.05) is 0 Å². The third kappa shape index (κ3) is 14.1. The number of carbonyl (C=O) groups is 2. The van der Waals surface area contributed by atoms with Gasteiger partial charge in [0, 0.05) is 38.9 Å². The molecule has 4 heteroatoms. The SMILES string of the molecule is CC1CCCCCC(=O)CCCOCCOCCCC(=O)CCCC1. The Morgan fingerprint density at radius 3 is 1.60 bits per heavy atom. The Hall–Kier alpha value is -0.740. The molecule has 1 atom stereocenters. The van der Waals surface area contributed by atoms with Gasteiger partial charge < -0.3 is 9.47 Å². The Balaban J connectivity index is 2.23. The lowest BCUT2D eigenvalue weighted by Gasteiger charge is -2.11. The molecule has 0 N–H and O–H groups in total. The zero-order valence-corrected chi connectivity index (χ0v) is 16.2. The highest BCUT2D eigenvalue weighted by Crippen LogP contribution is 2.18. The van der Waals surface area contributed by atoms with Gasteiger partial charge in [0.25, 0.3) is 0 Å². The molecule has 0 spiro atoms. The van der Waals surface area contributed by atoms with Crippen LogP contribution in [0.1, 0.15) is 90.4 Å². The molecule has 4 nitrogen and oxygen atoms in total. The maximum absolute atomic E-state index is 11.8. The van der Waals surface area contributed by atoms with Crippen LogP contribution in [0.25, 0.3) is 0 Å². The monoisotopic (exact) mass is 354 g/mol. The van der Waals surface area contributed by atoms with Crippen molar-refractivity contribution >= 4 is 11.6 Å². The van der Waals surface area contributed by atoms with Crippen LogP contribution in [0.5, 0.6) is 0 Å². The van der Waals surface area contributed by atoms with E-state index in [-0.39, 0.29) is 0 Å². The predicted molar refractivity (Wildman–Crippen MR) is 101 cm³/mol. The second kappa shape index (κ2) is 15.5. The van der Waals surface area contributed by atoms with Gasteiger partial charge in [0.15, 0.2) is 0 Å². The van der Waals surface area contributed by atoms with Crippen molar-refractivity contribution in [2.75, 3.05) is 26.4 Å². The number of ketones is 2. The summed E-state index contributed by atoms with van der Waals surface area (Å²) in [5.74, 6) is 1.48. The van der Waals surface area contributed by atoms with Gasteiger partial charge in [-0.3, -0.25) is 9.59 Å². The maximum atomic E-state index is 11.8. The number of ether oxygens (including phenoxy) is 2. The Labute approximate surface area is 154 Å². The molecular weight excluding hydrogens is 316 g/mol. The minimum Gasteiger partial charge on any atom is -0.379 e. The summed E-state index contributed by atoms with van der Waals surface area (Å²) in [6.07, 6.45) is 12.4. The molecule has 0 saturated carbocycles. The molecule has 1 aliphatic rings. The molecule has 1 heterocycles. The van der Waals surface area contributed by atoms with Gasteiger partial charge in [-0.1, -0.05) is 39.0 Å². The van der Waals surface area contributed by atoms with Crippen molar-refractivity contribution in [3.05, 3.63) is 0 Å². The molecule has 1 saturated heterocycles. The van der Waals surface area contributed by atoms with Crippen molar-refractivity contribution < 1.29 is 19.1 Å². The smallest absolute Gasteiger partial charge is 0.132 e. The van der Waals surface area contributed by atoms with E-state index in [0.717, 1.165) is 57.3 Å². The van der Waals surface area contributed by atoms with Crippen LogP contribution in [0.15, 0.2) is 0 Å². The summed E-state index contributed by atoms with van der Waals surface area (Å²) in [5.41, 5.74) is 0. The van der Waals surface area contributed by atoms with E-state index in [1.165, 1.54) is 19.3 Å². The van der Waals surface area contributed by atoms with Gasteiger partial charge in [-0.2, -0.15) is 0 Å². The van der Waals surface area contributed by atoms with E-state index in [9.17, 15) is 9.59 Å². The highest BCUT2D eigenvalue weighted by Gasteiger charge is 2.06. The zero-order chi connectivity index (χ0) is 18.2. The summed E-state index contributed by atoms with van der Waals surface area (Å²) in [6.45, 7) is 4.71. The molecule has 0 aromatic rings. The van der Waals surface area contributed by atoms with Gasteiger partial charge in [0.1, 0.15) is 11.6 Å². The van der Waals surface area contributed by atoms with Gasteiger partial charge >= 0.3 is 0 Å². The van der Waals surface area contributed by atoms with Crippen molar-refractivity contribution in [1.82, 2.24) is 0 Å². The summed E-state index contributed by atoms with van der Waals surface area (Å²) in [7, 11) is 0. The second-order valence-electron chi connectivity index (χ2n) is 7.46. The Morgan fingerprint density at radius 2 is 1.04 bits per heavy atom. The molecule has 1 rings (SSSR count). The largest absolute Gasteiger partial charge is 0.379 e. The highest BCUT2D eigenvalue weighted by atomic mass is 16.5. The van der Waals surface area contributed by atoms with Crippen molar-refractivity contribution in [3.63, 3.8) is 0 Å². The van der Waals surface area contributed by atoms with Crippen molar-refractivity contribution in [3.8, 4) is 0 Å². The molecule has 1 aliphatic heterocycles. The molecule has 0 aromatic heterocycles. The number of hydrogen-bond acceptors (Lipinski definition) is 4. The fourth-order valence-corrected chi connectivity index (χ4v) is 3.27. The molecule has 0 bridgehead atoms. The van der Waals surface area contributed by atoms with Gasteiger partial charge in [-0.25, -0.2) is 0 Å². The lowest BCUT2D eigenvalue weighted by molar-refractivity contribution is -0.120. The van der Waals surface area contributed by atoms with E-state index >= 15 is 0 Å². The standard InChI is InChI=1S/C21H38O4/c1-19-9-3-2-4-11-20(22)13-7-15-24-17-18-25-16-8-14-21(23)12-6-5-10-19/h19H,2-18H2,1H3. The van der Waals surface area contributed by atoms with E-state index in [2.05, 4.69) is 6.92 Å². The lowest BCUT2D eigenvalue weighted by atomic mass is 9.95. The number of Topliss-reactive ketones (excluding diaryl/α,β-unsaturated/α-hetero) is 2. The van der Waals surface area contributed by atoms with Crippen LogP contribution in [0.3, 0.4) is 0 Å². The third-order valence-electron chi connectivity index (χ3n) is 4.92. The highest BCUT2D eigenvalue weighted by molar-refractivity contribution is 5.78. The molecule has 0 aromatic carbocycles. The van der Waals surface area contributed by atoms with Crippen molar-refractivity contribution in [2.24, 2.45) is 5.92 Å². The van der Waals surface area contributed by atoms with Gasteiger partial charge in [-0.15, -0.1) is 0 Å². The van der Waals surface area contributed by atoms with Crippen LogP contribution in [-0.4, -0.2) is 38.0 Å². The van der Waals surface area contributed by atoms with Gasteiger partial charge in [0.2, 0.25) is 0 Å². The van der Waals surface area contributed by atoms with Crippen molar-refractivity contribution in [2.45, 2.75) is 90.4 Å². The average Bonchev–Trinajstić information content (AvgIpc) is 2.59. The topological polar surface area (TPSA) is 52.6 Å². The first kappa shape index (κ1) is 22.3. The first-order valence-corrected chi connectivity index (χ1v) is 10.4. The quantitative estimate of drug-likeness (QED) is 0.622. The van der Waals surface area contributed by atoms with E-state index in [1.54, 1.807) is 0 Å². The second-order valence-corrected chi connectivity index (χ2v) is 7.46. The van der Waals surface area contributed by atoms with E-state index in [4.69, 9.17) is 9.47 Å². The van der Waals surface area contributed by atoms with Crippen LogP contribution in [0.4, 0.5) is 0 Å². The molecule has 0 aliphatic carbocycles. The first-order valence-electron chi connectivity index (χ1n) is 10.4. The summed E-state index contributed by atoms with van der Waals surface area (Å²) in [6, 6.07) is 0. The molecule has 25 heavy (non-hydrogen) atoms. The van der Waals surface area contributed by atoms with Gasteiger partial charge in [0.05, 0.1) is 13.2 Å². The normalized spacial score (nSPS) is 25.7. The third-order valence-corrected chi connectivity index (χ3v) is 4.92. The van der Waals surface area contributed by atoms with Crippen LogP contribution in [-0.2, 0) is 19.1 Å². The molecule has 0 radical (unpaired) electrons. The fraction of sp³-hybridized carbons (Fsp3) is 0.905. The lowest BCUT2D eigenvalue weighted by Crippen LogP contribution is -2.08. The summed E-state index contributed by atoms with van der Waals surface area (Å²) >= 11 is 0. The summed E-state index contributed by atoms with van der Waals surface area (Å²) < 4.78 is 11.0. The number of hydrogen-bond donors (Lipinski definition) is 0. The van der Waals surface area contributed by atoms with Crippen molar-refractivity contribution in [1.29, 1.82) is 0 Å². The van der Waals surface area contributed by atoms with Crippen LogP contribution >= 0.6 is 0 Å². The zero-order valence-electron chi connectivity index (χ0n) is 16.2. The van der Waals surface area contributed by atoms with E-state index < -0.39 is 0 Å². The van der Waals surface area contributed by atoms with Crippen LogP contribution in [0.2, 0.25) is 0 Å². The summed E-state index contributed by atoms with van der Waals surface area (Å²) in [4.78, 5) is 23.6. The fourth-order valence-electron chi connectivity index (χ4n) is 3.27. The summed E-state index contributed by atoms with van der Waals surface area (Å²) in [5, 5.41) is 0. The molecular formula is C21H38O4. The Bertz CT molecular complexity index is 354. The molecule has 146 valence electrons. The molecule has 1 fully saturated rings. The minimum atomic E-state index is 0.374. The maximum Gasteiger partial charge on any atom is 0.132 e. The number of rotatable bonds is 0. The number of carbonyl (C=O) groups excluding carboxylic acids is 2. The average molecular weight is 355 g/mol. The van der Waals surface area contributed by atoms with E-state index in [0.29, 0.717) is 50.8 Å². The molecule has 0 amide bonds.